The molecule has 0 spiro atoms. The Bertz CT molecular complexity index is 1270. The Morgan fingerprint density at radius 2 is 1.38 bits per heavy atom. The van der Waals surface area contributed by atoms with Crippen molar-refractivity contribution in [2.45, 2.75) is 32.0 Å². The number of nitrogens with one attached hydrogen (secondary N) is 1. The molecule has 0 radical (unpaired) electrons. The Hall–Kier alpha value is -4.91. The van der Waals surface area contributed by atoms with E-state index in [0.717, 1.165) is 18.7 Å². The monoisotopic (exact) mass is 508 g/mol. The number of carbonyl (C=O) groups is 1. The first-order chi connectivity index (χ1) is 17.6. The number of para-hydroxylation sites is 1. The van der Waals surface area contributed by atoms with Crippen molar-refractivity contribution < 1.29 is 24.7 Å². The molecule has 4 rings (SSSR count). The minimum absolute atomic E-state index is 0.0968. The predicted octanol–water partition coefficient (Wildman–Crippen LogP) is 3.46. The summed E-state index contributed by atoms with van der Waals surface area (Å²) in [6.45, 7) is 2.84. The summed E-state index contributed by atoms with van der Waals surface area (Å²) in [7, 11) is 0. The van der Waals surface area contributed by atoms with Crippen LogP contribution < -0.4 is 15.3 Å². The highest BCUT2D eigenvalue weighted by atomic mass is 16.6. The molecule has 3 aromatic rings. The molecule has 1 aliphatic heterocycles. The lowest BCUT2D eigenvalue weighted by atomic mass is 10.1. The molecule has 192 valence electrons. The van der Waals surface area contributed by atoms with Gasteiger partial charge in [-0.3, -0.25) is 35.1 Å². The Morgan fingerprint density at radius 3 is 1.86 bits per heavy atom. The summed E-state index contributed by atoms with van der Waals surface area (Å²) in [5.41, 5.74) is -1.07. The molecule has 1 fully saturated rings. The number of benzene rings is 3. The SMILES string of the molecule is CC1CC(NCc2ccccc2)C(=O)N1c1ccccc1.O=[N+]([O-])c1cc([N+](=O)[O-])c([O-])c([N+](=O)[O-])c1. The second-order valence-electron chi connectivity index (χ2n) is 8.13. The van der Waals surface area contributed by atoms with Gasteiger partial charge in [-0.1, -0.05) is 48.5 Å². The maximum absolute atomic E-state index is 12.6. The first kappa shape index (κ1) is 26.7. The van der Waals surface area contributed by atoms with Crippen LogP contribution in [0, 0.1) is 30.3 Å². The van der Waals surface area contributed by atoms with Gasteiger partial charge in [0, 0.05) is 18.3 Å². The molecule has 0 saturated carbocycles. The number of amides is 1. The number of nitro benzene ring substituents is 3. The van der Waals surface area contributed by atoms with E-state index in [9.17, 15) is 40.2 Å². The largest absolute Gasteiger partial charge is 0.863 e. The van der Waals surface area contributed by atoms with Gasteiger partial charge in [-0.25, -0.2) is 0 Å². The van der Waals surface area contributed by atoms with Gasteiger partial charge in [0.25, 0.3) is 17.1 Å². The number of hydrogen-bond donors (Lipinski definition) is 1. The lowest BCUT2D eigenvalue weighted by Crippen LogP contribution is -2.38. The molecule has 1 amide bonds. The van der Waals surface area contributed by atoms with E-state index in [0.29, 0.717) is 12.1 Å². The van der Waals surface area contributed by atoms with Crippen LogP contribution in [0.1, 0.15) is 18.9 Å². The average molecular weight is 508 g/mol. The van der Waals surface area contributed by atoms with E-state index >= 15 is 0 Å². The number of nitrogens with zero attached hydrogens (tertiary/aromatic N) is 4. The Labute approximate surface area is 210 Å². The van der Waals surface area contributed by atoms with Crippen LogP contribution in [0.5, 0.6) is 5.75 Å². The Morgan fingerprint density at radius 1 is 0.865 bits per heavy atom. The lowest BCUT2D eigenvalue weighted by molar-refractivity contribution is -0.420. The highest BCUT2D eigenvalue weighted by molar-refractivity contribution is 6.00. The average Bonchev–Trinajstić information content (AvgIpc) is 3.16. The van der Waals surface area contributed by atoms with E-state index < -0.39 is 37.6 Å². The molecule has 2 atom stereocenters. The number of carbonyl (C=O) groups excluding carboxylic acids is 1. The third kappa shape index (κ3) is 6.41. The molecule has 0 aromatic heterocycles. The van der Waals surface area contributed by atoms with Crippen LogP contribution in [-0.2, 0) is 11.3 Å². The van der Waals surface area contributed by atoms with Crippen LogP contribution >= 0.6 is 0 Å². The topological polar surface area (TPSA) is 185 Å². The molecule has 0 aliphatic carbocycles. The zero-order valence-corrected chi connectivity index (χ0v) is 19.6. The van der Waals surface area contributed by atoms with Gasteiger partial charge < -0.3 is 15.3 Å². The molecular weight excluding hydrogens is 486 g/mol. The second kappa shape index (κ2) is 11.7. The molecule has 0 bridgehead atoms. The van der Waals surface area contributed by atoms with Crippen LogP contribution in [-0.4, -0.2) is 32.8 Å². The van der Waals surface area contributed by atoms with Gasteiger partial charge in [0.1, 0.15) is 0 Å². The summed E-state index contributed by atoms with van der Waals surface area (Å²) < 4.78 is 0. The standard InChI is InChI=1S/C18H20N2O.C6H3N3O7/c1-14-12-17(19-13-15-8-4-2-5-9-15)18(21)20(14)16-10-6-3-7-11-16;10-6-4(8(13)14)1-3(7(11)12)2-5(6)9(15)16/h2-11,14,17,19H,12-13H2,1H3;1-2,10H/p-1. The fourth-order valence-electron chi connectivity index (χ4n) is 3.87. The molecule has 3 aromatic carbocycles. The third-order valence-electron chi connectivity index (χ3n) is 5.62. The molecule has 37 heavy (non-hydrogen) atoms. The van der Waals surface area contributed by atoms with Crippen LogP contribution in [0.25, 0.3) is 0 Å². The van der Waals surface area contributed by atoms with E-state index in [1.165, 1.54) is 5.56 Å². The number of rotatable bonds is 7. The van der Waals surface area contributed by atoms with Crippen molar-refractivity contribution in [1.82, 2.24) is 5.32 Å². The van der Waals surface area contributed by atoms with Crippen molar-refractivity contribution in [2.24, 2.45) is 0 Å². The molecule has 1 aliphatic rings. The zero-order chi connectivity index (χ0) is 27.1. The fraction of sp³-hybridized carbons (Fsp3) is 0.208. The van der Waals surface area contributed by atoms with Crippen LogP contribution in [0.4, 0.5) is 22.7 Å². The van der Waals surface area contributed by atoms with Crippen molar-refractivity contribution in [3.8, 4) is 5.75 Å². The Kier molecular flexibility index (Phi) is 8.43. The van der Waals surface area contributed by atoms with Crippen molar-refractivity contribution in [1.29, 1.82) is 0 Å². The smallest absolute Gasteiger partial charge is 0.283 e. The Balaban J connectivity index is 0.000000214. The summed E-state index contributed by atoms with van der Waals surface area (Å²) in [5.74, 6) is -1.29. The molecule has 1 N–H and O–H groups in total. The van der Waals surface area contributed by atoms with E-state index in [-0.39, 0.29) is 18.0 Å². The van der Waals surface area contributed by atoms with Gasteiger partial charge in [0.05, 0.1) is 38.7 Å². The van der Waals surface area contributed by atoms with Gasteiger partial charge in [-0.05, 0) is 31.0 Å². The first-order valence-corrected chi connectivity index (χ1v) is 11.0. The van der Waals surface area contributed by atoms with E-state index in [1.807, 2.05) is 53.4 Å². The first-order valence-electron chi connectivity index (χ1n) is 11.0. The summed E-state index contributed by atoms with van der Waals surface area (Å²) >= 11 is 0. The molecular formula is C24H22N5O8-. The molecule has 13 nitrogen and oxygen atoms in total. The molecule has 1 heterocycles. The van der Waals surface area contributed by atoms with Gasteiger partial charge in [-0.2, -0.15) is 0 Å². The van der Waals surface area contributed by atoms with Crippen molar-refractivity contribution in [3.05, 3.63) is 109 Å². The van der Waals surface area contributed by atoms with E-state index in [1.54, 1.807) is 0 Å². The summed E-state index contributed by atoms with van der Waals surface area (Å²) in [4.78, 5) is 42.0. The van der Waals surface area contributed by atoms with Crippen molar-refractivity contribution >= 4 is 28.7 Å². The summed E-state index contributed by atoms with van der Waals surface area (Å²) in [6, 6.07) is 21.0. The summed E-state index contributed by atoms with van der Waals surface area (Å²) in [6.07, 6.45) is 0.848. The molecule has 1 saturated heterocycles. The number of nitro groups is 3. The lowest BCUT2D eigenvalue weighted by Gasteiger charge is -2.21. The maximum Gasteiger partial charge on any atom is 0.283 e. The molecule has 13 heteroatoms. The van der Waals surface area contributed by atoms with Gasteiger partial charge in [-0.15, -0.1) is 0 Å². The van der Waals surface area contributed by atoms with Gasteiger partial charge in [0.2, 0.25) is 5.91 Å². The highest BCUT2D eigenvalue weighted by Crippen LogP contribution is 2.36. The van der Waals surface area contributed by atoms with E-state index in [2.05, 4.69) is 24.4 Å². The fourth-order valence-corrected chi connectivity index (χ4v) is 3.87. The molecule has 2 unspecified atom stereocenters. The third-order valence-corrected chi connectivity index (χ3v) is 5.62. The quantitative estimate of drug-likeness (QED) is 0.368. The normalized spacial score (nSPS) is 16.6. The predicted molar refractivity (Wildman–Crippen MR) is 131 cm³/mol. The maximum atomic E-state index is 12.6. The number of hydrogen-bond acceptors (Lipinski definition) is 9. The number of non-ortho nitro benzene ring substituents is 1. The van der Waals surface area contributed by atoms with E-state index in [4.69, 9.17) is 0 Å². The van der Waals surface area contributed by atoms with Crippen molar-refractivity contribution in [3.63, 3.8) is 0 Å². The highest BCUT2D eigenvalue weighted by Gasteiger charge is 2.37. The summed E-state index contributed by atoms with van der Waals surface area (Å²) in [5, 5.41) is 45.5. The minimum Gasteiger partial charge on any atom is -0.863 e. The van der Waals surface area contributed by atoms with Crippen LogP contribution in [0.2, 0.25) is 0 Å². The van der Waals surface area contributed by atoms with Gasteiger partial charge >= 0.3 is 0 Å². The van der Waals surface area contributed by atoms with Gasteiger partial charge in [0.15, 0.2) is 0 Å². The number of anilines is 1. The zero-order valence-electron chi connectivity index (χ0n) is 19.6. The van der Waals surface area contributed by atoms with Crippen molar-refractivity contribution in [2.75, 3.05) is 4.90 Å². The second-order valence-corrected chi connectivity index (χ2v) is 8.13. The minimum atomic E-state index is -1.46. The van der Waals surface area contributed by atoms with Crippen LogP contribution in [0.15, 0.2) is 72.8 Å². The van der Waals surface area contributed by atoms with Crippen LogP contribution in [0.3, 0.4) is 0 Å².